The summed E-state index contributed by atoms with van der Waals surface area (Å²) in [5, 5.41) is 3.24. The molecule has 0 spiro atoms. The summed E-state index contributed by atoms with van der Waals surface area (Å²) in [4.78, 5) is 6.48. The average Bonchev–Trinajstić information content (AvgIpc) is 2.55. The van der Waals surface area contributed by atoms with Crippen LogP contribution in [0.4, 0.5) is 0 Å². The molecule has 1 rings (SSSR count). The lowest BCUT2D eigenvalue weighted by Gasteiger charge is -2.30. The molecule has 0 aromatic heterocycles. The Kier molecular flexibility index (Phi) is 3.14. The molecule has 13 heavy (non-hydrogen) atoms. The van der Waals surface area contributed by atoms with Gasteiger partial charge < -0.3 is 16.0 Å². The third-order valence-corrected chi connectivity index (χ3v) is 2.24. The Bertz CT molecular complexity index is 198. The molecule has 0 aromatic carbocycles. The van der Waals surface area contributed by atoms with Crippen LogP contribution >= 0.6 is 0 Å². The second kappa shape index (κ2) is 3.96. The molecular formula is C9H20N4. The predicted molar refractivity (Wildman–Crippen MR) is 55.8 cm³/mol. The fourth-order valence-corrected chi connectivity index (χ4v) is 1.42. The van der Waals surface area contributed by atoms with Crippen LogP contribution in [0, 0.1) is 5.41 Å². The largest absolute Gasteiger partial charge is 0.354 e. The van der Waals surface area contributed by atoms with Crippen molar-refractivity contribution in [2.75, 3.05) is 33.2 Å². The van der Waals surface area contributed by atoms with Crippen molar-refractivity contribution in [1.29, 1.82) is 0 Å². The van der Waals surface area contributed by atoms with E-state index in [0.717, 1.165) is 25.6 Å². The minimum absolute atomic E-state index is 0.154. The lowest BCUT2D eigenvalue weighted by molar-refractivity contribution is 0.283. The second-order valence-electron chi connectivity index (χ2n) is 4.36. The number of nitrogens with zero attached hydrogens (tertiary/aromatic N) is 2. The summed E-state index contributed by atoms with van der Waals surface area (Å²) in [6, 6.07) is 0. The van der Waals surface area contributed by atoms with Crippen molar-refractivity contribution in [2.45, 2.75) is 13.8 Å². The van der Waals surface area contributed by atoms with Crippen LogP contribution in [0.5, 0.6) is 0 Å². The van der Waals surface area contributed by atoms with Crippen molar-refractivity contribution in [3.63, 3.8) is 0 Å². The van der Waals surface area contributed by atoms with Crippen LogP contribution in [0.2, 0.25) is 0 Å². The van der Waals surface area contributed by atoms with Gasteiger partial charge in [0.2, 0.25) is 0 Å². The van der Waals surface area contributed by atoms with Crippen molar-refractivity contribution >= 4 is 5.96 Å². The summed E-state index contributed by atoms with van der Waals surface area (Å²) < 4.78 is 0. The first kappa shape index (κ1) is 10.3. The van der Waals surface area contributed by atoms with Crippen molar-refractivity contribution < 1.29 is 0 Å². The van der Waals surface area contributed by atoms with E-state index in [1.807, 2.05) is 0 Å². The van der Waals surface area contributed by atoms with E-state index >= 15 is 0 Å². The number of aliphatic imine (C=N–C) groups is 1. The summed E-state index contributed by atoms with van der Waals surface area (Å²) in [6.07, 6.45) is 0. The highest BCUT2D eigenvalue weighted by Crippen LogP contribution is 2.14. The molecule has 0 bridgehead atoms. The van der Waals surface area contributed by atoms with Crippen LogP contribution < -0.4 is 11.1 Å². The molecule has 76 valence electrons. The predicted octanol–water partition coefficient (Wildman–Crippen LogP) is -0.138. The quantitative estimate of drug-likeness (QED) is 0.642. The number of guanidine groups is 1. The Morgan fingerprint density at radius 2 is 2.31 bits per heavy atom. The Morgan fingerprint density at radius 3 is 2.77 bits per heavy atom. The van der Waals surface area contributed by atoms with Gasteiger partial charge in [0, 0.05) is 20.1 Å². The van der Waals surface area contributed by atoms with Crippen LogP contribution in [0.15, 0.2) is 4.99 Å². The zero-order valence-corrected chi connectivity index (χ0v) is 8.80. The van der Waals surface area contributed by atoms with Crippen LogP contribution in [-0.4, -0.2) is 44.1 Å². The minimum Gasteiger partial charge on any atom is -0.354 e. The smallest absolute Gasteiger partial charge is 0.193 e. The molecule has 0 saturated heterocycles. The van der Waals surface area contributed by atoms with E-state index in [9.17, 15) is 0 Å². The Labute approximate surface area is 80.2 Å². The van der Waals surface area contributed by atoms with Gasteiger partial charge in [0.25, 0.3) is 0 Å². The van der Waals surface area contributed by atoms with Gasteiger partial charge in [0.05, 0.1) is 6.54 Å². The van der Waals surface area contributed by atoms with Crippen LogP contribution in [-0.2, 0) is 0 Å². The molecule has 4 nitrogen and oxygen atoms in total. The summed E-state index contributed by atoms with van der Waals surface area (Å²) in [7, 11) is 2.05. The fourth-order valence-electron chi connectivity index (χ4n) is 1.42. The summed E-state index contributed by atoms with van der Waals surface area (Å²) in [5.41, 5.74) is 5.82. The van der Waals surface area contributed by atoms with Gasteiger partial charge in [-0.2, -0.15) is 0 Å². The molecule has 0 aromatic rings. The van der Waals surface area contributed by atoms with Crippen molar-refractivity contribution in [1.82, 2.24) is 10.2 Å². The molecule has 0 unspecified atom stereocenters. The molecule has 1 aliphatic rings. The van der Waals surface area contributed by atoms with Gasteiger partial charge in [-0.1, -0.05) is 13.8 Å². The Balaban J connectivity index is 2.44. The number of hydrogen-bond donors (Lipinski definition) is 2. The first-order valence-electron chi connectivity index (χ1n) is 4.75. The van der Waals surface area contributed by atoms with Crippen molar-refractivity contribution in [3.8, 4) is 0 Å². The average molecular weight is 184 g/mol. The van der Waals surface area contributed by atoms with Gasteiger partial charge >= 0.3 is 0 Å². The van der Waals surface area contributed by atoms with Gasteiger partial charge in [0.15, 0.2) is 5.96 Å². The molecule has 3 N–H and O–H groups in total. The highest BCUT2D eigenvalue weighted by atomic mass is 15.3. The van der Waals surface area contributed by atoms with E-state index in [0.29, 0.717) is 6.54 Å². The van der Waals surface area contributed by atoms with Crippen LogP contribution in [0.1, 0.15) is 13.8 Å². The van der Waals surface area contributed by atoms with Gasteiger partial charge in [-0.15, -0.1) is 0 Å². The SMILES string of the molecule is CN(CC(C)(C)CN)C1=NCCN1. The summed E-state index contributed by atoms with van der Waals surface area (Å²) in [6.45, 7) is 7.82. The first-order chi connectivity index (χ1) is 6.05. The van der Waals surface area contributed by atoms with Gasteiger partial charge in [-0.05, 0) is 12.0 Å². The lowest BCUT2D eigenvalue weighted by Crippen LogP contribution is -2.43. The van der Waals surface area contributed by atoms with E-state index in [1.165, 1.54) is 0 Å². The van der Waals surface area contributed by atoms with E-state index in [2.05, 4.69) is 36.1 Å². The normalized spacial score (nSPS) is 16.8. The van der Waals surface area contributed by atoms with E-state index in [-0.39, 0.29) is 5.41 Å². The highest BCUT2D eigenvalue weighted by Gasteiger charge is 2.20. The van der Waals surface area contributed by atoms with E-state index in [4.69, 9.17) is 5.73 Å². The lowest BCUT2D eigenvalue weighted by atomic mass is 9.93. The summed E-state index contributed by atoms with van der Waals surface area (Å²) >= 11 is 0. The maximum atomic E-state index is 5.67. The number of rotatable bonds is 3. The fraction of sp³-hybridized carbons (Fsp3) is 0.889. The zero-order valence-electron chi connectivity index (χ0n) is 8.80. The molecular weight excluding hydrogens is 164 g/mol. The number of hydrogen-bond acceptors (Lipinski definition) is 4. The van der Waals surface area contributed by atoms with Crippen molar-refractivity contribution in [2.24, 2.45) is 16.1 Å². The van der Waals surface area contributed by atoms with Crippen LogP contribution in [0.3, 0.4) is 0 Å². The molecule has 0 atom stereocenters. The maximum absolute atomic E-state index is 5.67. The molecule has 4 heteroatoms. The molecule has 0 aliphatic carbocycles. The standard InChI is InChI=1S/C9H20N4/c1-9(2,6-10)7-13(3)8-11-4-5-12-8/h4-7,10H2,1-3H3,(H,11,12). The van der Waals surface area contributed by atoms with E-state index in [1.54, 1.807) is 0 Å². The topological polar surface area (TPSA) is 53.6 Å². The van der Waals surface area contributed by atoms with Gasteiger partial charge in [-0.3, -0.25) is 4.99 Å². The third kappa shape index (κ3) is 2.88. The Morgan fingerprint density at radius 1 is 1.62 bits per heavy atom. The minimum atomic E-state index is 0.154. The molecule has 0 fully saturated rings. The first-order valence-corrected chi connectivity index (χ1v) is 4.75. The zero-order chi connectivity index (χ0) is 9.90. The second-order valence-corrected chi connectivity index (χ2v) is 4.36. The number of nitrogens with two attached hydrogens (primary N) is 1. The maximum Gasteiger partial charge on any atom is 0.193 e. The number of nitrogens with one attached hydrogen (secondary N) is 1. The molecule has 1 heterocycles. The monoisotopic (exact) mass is 184 g/mol. The molecule has 0 amide bonds. The van der Waals surface area contributed by atoms with Gasteiger partial charge in [-0.25, -0.2) is 0 Å². The van der Waals surface area contributed by atoms with Gasteiger partial charge in [0.1, 0.15) is 0 Å². The molecule has 0 saturated carbocycles. The highest BCUT2D eigenvalue weighted by molar-refractivity contribution is 5.81. The molecule has 0 radical (unpaired) electrons. The molecule has 1 aliphatic heterocycles. The third-order valence-electron chi connectivity index (χ3n) is 2.24. The Hall–Kier alpha value is -0.770. The summed E-state index contributed by atoms with van der Waals surface area (Å²) in [5.74, 6) is 1.00. The van der Waals surface area contributed by atoms with Crippen molar-refractivity contribution in [3.05, 3.63) is 0 Å². The van der Waals surface area contributed by atoms with E-state index < -0.39 is 0 Å². The van der Waals surface area contributed by atoms with Crippen LogP contribution in [0.25, 0.3) is 0 Å².